The summed E-state index contributed by atoms with van der Waals surface area (Å²) in [7, 11) is 0. The third-order valence-electron chi connectivity index (χ3n) is 2.51. The van der Waals surface area contributed by atoms with Gasteiger partial charge in [-0.3, -0.25) is 4.79 Å². The van der Waals surface area contributed by atoms with E-state index in [2.05, 4.69) is 10.6 Å². The Balaban J connectivity index is 2.15. The summed E-state index contributed by atoms with van der Waals surface area (Å²) in [6.07, 6.45) is 0. The Labute approximate surface area is 121 Å². The van der Waals surface area contributed by atoms with Gasteiger partial charge in [0.05, 0.1) is 0 Å². The molecule has 0 spiro atoms. The number of aliphatic hydroxyl groups excluding tert-OH is 1. The zero-order valence-corrected chi connectivity index (χ0v) is 11.7. The Morgan fingerprint density at radius 2 is 2.15 bits per heavy atom. The number of nitrogens with one attached hydrogen (secondary N) is 2. The Hall–Kier alpha value is -2.18. The van der Waals surface area contributed by atoms with Gasteiger partial charge in [0.1, 0.15) is 18.1 Å². The summed E-state index contributed by atoms with van der Waals surface area (Å²) in [5, 5.41) is 14.6. The van der Waals surface area contributed by atoms with Gasteiger partial charge in [0.25, 0.3) is 0 Å². The first kappa shape index (κ1) is 14.2. The third-order valence-corrected chi connectivity index (χ3v) is 2.72. The molecule has 0 aliphatic heterocycles. The van der Waals surface area contributed by atoms with Crippen LogP contribution in [0, 0.1) is 0 Å². The predicted molar refractivity (Wildman–Crippen MR) is 80.1 cm³/mol. The minimum absolute atomic E-state index is 0.134. The lowest BCUT2D eigenvalue weighted by molar-refractivity contribution is -0.117. The van der Waals surface area contributed by atoms with Gasteiger partial charge < -0.3 is 20.2 Å². The molecule has 2 aromatic rings. The fourth-order valence-corrected chi connectivity index (χ4v) is 1.95. The molecule has 0 unspecified atom stereocenters. The number of aliphatic hydroxyl groups is 1. The van der Waals surface area contributed by atoms with E-state index in [9.17, 15) is 4.79 Å². The third kappa shape index (κ3) is 3.66. The standard InChI is InChI=1S/C14H14N2O3S/c1-9(18)15-14(20)16-11-4-2-3-10(7-11)13-6-5-12(8-17)19-13/h2-7,17H,8H2,1H3,(H2,15,16,18,20). The van der Waals surface area contributed by atoms with Crippen molar-refractivity contribution in [3.63, 3.8) is 0 Å². The molecule has 0 radical (unpaired) electrons. The average Bonchev–Trinajstić information content (AvgIpc) is 2.86. The maximum atomic E-state index is 10.9. The first-order valence-electron chi connectivity index (χ1n) is 5.97. The Kier molecular flexibility index (Phi) is 4.49. The lowest BCUT2D eigenvalue weighted by Gasteiger charge is -2.08. The van der Waals surface area contributed by atoms with Gasteiger partial charge in [-0.1, -0.05) is 12.1 Å². The number of rotatable bonds is 3. The van der Waals surface area contributed by atoms with Gasteiger partial charge in [-0.15, -0.1) is 0 Å². The monoisotopic (exact) mass is 290 g/mol. The molecular weight excluding hydrogens is 276 g/mol. The van der Waals surface area contributed by atoms with E-state index in [0.717, 1.165) is 11.3 Å². The van der Waals surface area contributed by atoms with Gasteiger partial charge in [0.2, 0.25) is 5.91 Å². The second-order valence-electron chi connectivity index (χ2n) is 4.14. The maximum absolute atomic E-state index is 10.9. The van der Waals surface area contributed by atoms with Gasteiger partial charge >= 0.3 is 0 Å². The summed E-state index contributed by atoms with van der Waals surface area (Å²) < 4.78 is 5.46. The first-order valence-corrected chi connectivity index (χ1v) is 6.38. The van der Waals surface area contributed by atoms with E-state index < -0.39 is 0 Å². The molecule has 1 aromatic heterocycles. The highest BCUT2D eigenvalue weighted by atomic mass is 32.1. The molecule has 2 rings (SSSR count). The molecule has 5 nitrogen and oxygen atoms in total. The highest BCUT2D eigenvalue weighted by molar-refractivity contribution is 7.80. The second kappa shape index (κ2) is 6.31. The lowest BCUT2D eigenvalue weighted by atomic mass is 10.1. The SMILES string of the molecule is CC(=O)NC(=S)Nc1cccc(-c2ccc(CO)o2)c1. The smallest absolute Gasteiger partial charge is 0.222 e. The molecule has 0 fully saturated rings. The van der Waals surface area contributed by atoms with Crippen molar-refractivity contribution >= 4 is 28.9 Å². The molecule has 6 heteroatoms. The van der Waals surface area contributed by atoms with Gasteiger partial charge in [-0.25, -0.2) is 0 Å². The van der Waals surface area contributed by atoms with Crippen molar-refractivity contribution < 1.29 is 14.3 Å². The van der Waals surface area contributed by atoms with E-state index in [1.807, 2.05) is 24.3 Å². The topological polar surface area (TPSA) is 74.5 Å². The van der Waals surface area contributed by atoms with Crippen LogP contribution in [0.2, 0.25) is 0 Å². The maximum Gasteiger partial charge on any atom is 0.222 e. The van der Waals surface area contributed by atoms with Crippen LogP contribution < -0.4 is 10.6 Å². The first-order chi connectivity index (χ1) is 9.58. The predicted octanol–water partition coefficient (Wildman–Crippen LogP) is 2.27. The molecule has 3 N–H and O–H groups in total. The highest BCUT2D eigenvalue weighted by Crippen LogP contribution is 2.24. The minimum Gasteiger partial charge on any atom is -0.459 e. The second-order valence-corrected chi connectivity index (χ2v) is 4.55. The van der Waals surface area contributed by atoms with Crippen molar-refractivity contribution in [2.45, 2.75) is 13.5 Å². The summed E-state index contributed by atoms with van der Waals surface area (Å²) in [5.74, 6) is 0.938. The minimum atomic E-state index is -0.225. The molecule has 20 heavy (non-hydrogen) atoms. The van der Waals surface area contributed by atoms with Gasteiger partial charge in [0, 0.05) is 18.2 Å². The molecule has 1 amide bonds. The molecule has 0 bridgehead atoms. The van der Waals surface area contributed by atoms with Crippen LogP contribution in [0.25, 0.3) is 11.3 Å². The van der Waals surface area contributed by atoms with Crippen molar-refractivity contribution in [2.24, 2.45) is 0 Å². The molecule has 0 saturated heterocycles. The summed E-state index contributed by atoms with van der Waals surface area (Å²) in [6, 6.07) is 10.9. The van der Waals surface area contributed by atoms with Crippen LogP contribution >= 0.6 is 12.2 Å². The summed E-state index contributed by atoms with van der Waals surface area (Å²) >= 11 is 5.00. The van der Waals surface area contributed by atoms with E-state index >= 15 is 0 Å². The number of thiocarbonyl (C=S) groups is 1. The van der Waals surface area contributed by atoms with Crippen LogP contribution in [-0.2, 0) is 11.4 Å². The lowest BCUT2D eigenvalue weighted by Crippen LogP contribution is -2.32. The Morgan fingerprint density at radius 3 is 2.80 bits per heavy atom. The van der Waals surface area contributed by atoms with Crippen LogP contribution in [0.1, 0.15) is 12.7 Å². The normalized spacial score (nSPS) is 10.1. The molecule has 0 atom stereocenters. The number of carbonyl (C=O) groups excluding carboxylic acids is 1. The Bertz CT molecular complexity index is 637. The van der Waals surface area contributed by atoms with Gasteiger partial charge in [-0.2, -0.15) is 0 Å². The molecule has 1 aromatic carbocycles. The largest absolute Gasteiger partial charge is 0.459 e. The summed E-state index contributed by atoms with van der Waals surface area (Å²) in [5.41, 5.74) is 1.59. The molecule has 1 heterocycles. The van der Waals surface area contributed by atoms with Crippen molar-refractivity contribution in [3.8, 4) is 11.3 Å². The number of amides is 1. The van der Waals surface area contributed by atoms with Crippen molar-refractivity contribution in [1.29, 1.82) is 0 Å². The number of carbonyl (C=O) groups is 1. The summed E-state index contributed by atoms with van der Waals surface area (Å²) in [4.78, 5) is 10.9. The van der Waals surface area contributed by atoms with Crippen LogP contribution in [0.5, 0.6) is 0 Å². The molecule has 0 saturated carbocycles. The van der Waals surface area contributed by atoms with Crippen molar-refractivity contribution in [3.05, 3.63) is 42.2 Å². The number of anilines is 1. The van der Waals surface area contributed by atoms with Gasteiger partial charge in [0.15, 0.2) is 5.11 Å². The number of hydrogen-bond acceptors (Lipinski definition) is 4. The molecule has 104 valence electrons. The number of benzene rings is 1. The van der Waals surface area contributed by atoms with Crippen molar-refractivity contribution in [1.82, 2.24) is 5.32 Å². The Morgan fingerprint density at radius 1 is 1.35 bits per heavy atom. The van der Waals surface area contributed by atoms with Crippen LogP contribution in [0.4, 0.5) is 5.69 Å². The fourth-order valence-electron chi connectivity index (χ4n) is 1.69. The average molecular weight is 290 g/mol. The molecular formula is C14H14N2O3S. The summed E-state index contributed by atoms with van der Waals surface area (Å²) in [6.45, 7) is 1.26. The zero-order valence-electron chi connectivity index (χ0n) is 10.8. The van der Waals surface area contributed by atoms with E-state index in [0.29, 0.717) is 11.5 Å². The fraction of sp³-hybridized carbons (Fsp3) is 0.143. The van der Waals surface area contributed by atoms with E-state index in [-0.39, 0.29) is 17.6 Å². The zero-order chi connectivity index (χ0) is 14.5. The molecule has 0 aliphatic rings. The van der Waals surface area contributed by atoms with E-state index in [1.54, 1.807) is 12.1 Å². The highest BCUT2D eigenvalue weighted by Gasteiger charge is 2.06. The van der Waals surface area contributed by atoms with E-state index in [4.69, 9.17) is 21.7 Å². The van der Waals surface area contributed by atoms with Crippen LogP contribution in [-0.4, -0.2) is 16.1 Å². The molecule has 0 aliphatic carbocycles. The van der Waals surface area contributed by atoms with Gasteiger partial charge in [-0.05, 0) is 36.5 Å². The van der Waals surface area contributed by atoms with Crippen molar-refractivity contribution in [2.75, 3.05) is 5.32 Å². The van der Waals surface area contributed by atoms with Crippen LogP contribution in [0.3, 0.4) is 0 Å². The number of hydrogen-bond donors (Lipinski definition) is 3. The quantitative estimate of drug-likeness (QED) is 0.756. The van der Waals surface area contributed by atoms with Crippen LogP contribution in [0.15, 0.2) is 40.8 Å². The number of furan rings is 1. The van der Waals surface area contributed by atoms with E-state index in [1.165, 1.54) is 6.92 Å².